The first-order valence-electron chi connectivity index (χ1n) is 8.03. The van der Waals surface area contributed by atoms with Gasteiger partial charge in [-0.15, -0.1) is 0 Å². The van der Waals surface area contributed by atoms with Gasteiger partial charge in [0, 0.05) is 12.8 Å². The summed E-state index contributed by atoms with van der Waals surface area (Å²) in [6.45, 7) is 4.76. The van der Waals surface area contributed by atoms with Crippen LogP contribution < -0.4 is 15.5 Å². The molecule has 124 valence electrons. The predicted octanol–water partition coefficient (Wildman–Crippen LogP) is 0.129. The second kappa shape index (κ2) is 6.87. The maximum atomic E-state index is 12.5. The summed E-state index contributed by atoms with van der Waals surface area (Å²) in [5.74, 6) is 0.104. The molecule has 7 heteroatoms. The third-order valence-corrected chi connectivity index (χ3v) is 4.21. The Kier molecular flexibility index (Phi) is 4.66. The Labute approximate surface area is 134 Å². The lowest BCUT2D eigenvalue weighted by atomic mass is 10.00. The van der Waals surface area contributed by atoms with Crippen molar-refractivity contribution in [1.82, 2.24) is 10.6 Å². The number of furan rings is 1. The molecule has 0 aliphatic carbocycles. The minimum atomic E-state index is -0.616. The number of quaternary nitrogens is 1. The SMILES string of the molecule is CCOC(=O)C1=C(C[NH+]2CCCC2)NC(=O)N[C@H]1c1ccco1. The van der Waals surface area contributed by atoms with Crippen LogP contribution in [0.25, 0.3) is 0 Å². The molecule has 1 fully saturated rings. The van der Waals surface area contributed by atoms with Crippen LogP contribution in [-0.4, -0.2) is 38.2 Å². The zero-order chi connectivity index (χ0) is 16.2. The highest BCUT2D eigenvalue weighted by Crippen LogP contribution is 2.27. The van der Waals surface area contributed by atoms with Gasteiger partial charge in [0.1, 0.15) is 18.3 Å². The quantitative estimate of drug-likeness (QED) is 0.673. The number of nitrogens with one attached hydrogen (secondary N) is 3. The molecule has 1 aromatic rings. The average molecular weight is 320 g/mol. The summed E-state index contributed by atoms with van der Waals surface area (Å²) in [6, 6.07) is 2.54. The van der Waals surface area contributed by atoms with Crippen molar-refractivity contribution in [3.8, 4) is 0 Å². The molecule has 0 aromatic carbocycles. The second-order valence-electron chi connectivity index (χ2n) is 5.79. The molecule has 23 heavy (non-hydrogen) atoms. The van der Waals surface area contributed by atoms with Crippen molar-refractivity contribution in [3.05, 3.63) is 35.4 Å². The third-order valence-electron chi connectivity index (χ3n) is 4.21. The van der Waals surface area contributed by atoms with Gasteiger partial charge in [-0.3, -0.25) is 0 Å². The first kappa shape index (κ1) is 15.6. The van der Waals surface area contributed by atoms with E-state index in [1.54, 1.807) is 19.1 Å². The van der Waals surface area contributed by atoms with Crippen LogP contribution in [0.4, 0.5) is 4.79 Å². The molecule has 1 saturated heterocycles. The largest absolute Gasteiger partial charge is 0.467 e. The maximum absolute atomic E-state index is 12.5. The topological polar surface area (TPSA) is 85.0 Å². The number of esters is 1. The molecule has 2 aliphatic heterocycles. The number of carbonyl (C=O) groups is 2. The lowest BCUT2D eigenvalue weighted by Crippen LogP contribution is -3.10. The average Bonchev–Trinajstić information content (AvgIpc) is 3.20. The van der Waals surface area contributed by atoms with Crippen molar-refractivity contribution in [1.29, 1.82) is 0 Å². The first-order chi connectivity index (χ1) is 11.2. The highest BCUT2D eigenvalue weighted by Gasteiger charge is 2.36. The van der Waals surface area contributed by atoms with E-state index in [2.05, 4.69) is 10.6 Å². The summed E-state index contributed by atoms with van der Waals surface area (Å²) in [5, 5.41) is 5.54. The fourth-order valence-corrected chi connectivity index (χ4v) is 3.18. The summed E-state index contributed by atoms with van der Waals surface area (Å²) in [6.07, 6.45) is 3.87. The molecule has 1 atom stereocenters. The van der Waals surface area contributed by atoms with Crippen molar-refractivity contribution >= 4 is 12.0 Å². The highest BCUT2D eigenvalue weighted by molar-refractivity contribution is 5.95. The van der Waals surface area contributed by atoms with E-state index in [-0.39, 0.29) is 12.6 Å². The van der Waals surface area contributed by atoms with Gasteiger partial charge >= 0.3 is 12.0 Å². The lowest BCUT2D eigenvalue weighted by Gasteiger charge is -2.28. The van der Waals surface area contributed by atoms with Crippen LogP contribution in [0, 0.1) is 0 Å². The molecule has 0 radical (unpaired) electrons. The molecule has 3 rings (SSSR count). The zero-order valence-corrected chi connectivity index (χ0v) is 13.2. The molecule has 0 unspecified atom stereocenters. The van der Waals surface area contributed by atoms with E-state index < -0.39 is 12.0 Å². The van der Waals surface area contributed by atoms with Gasteiger partial charge < -0.3 is 24.7 Å². The van der Waals surface area contributed by atoms with Crippen molar-refractivity contribution in [3.63, 3.8) is 0 Å². The minimum absolute atomic E-state index is 0.283. The molecule has 0 spiro atoms. The summed E-state index contributed by atoms with van der Waals surface area (Å²) in [7, 11) is 0. The molecule has 0 saturated carbocycles. The fourth-order valence-electron chi connectivity index (χ4n) is 3.18. The van der Waals surface area contributed by atoms with Gasteiger partial charge in [-0.2, -0.15) is 0 Å². The number of carbonyl (C=O) groups excluding carboxylic acids is 2. The van der Waals surface area contributed by atoms with E-state index in [0.717, 1.165) is 13.1 Å². The van der Waals surface area contributed by atoms with Crippen LogP contribution in [-0.2, 0) is 9.53 Å². The van der Waals surface area contributed by atoms with Crippen LogP contribution >= 0.6 is 0 Å². The van der Waals surface area contributed by atoms with Gasteiger partial charge in [-0.05, 0) is 19.1 Å². The van der Waals surface area contributed by atoms with Crippen molar-refractivity contribution in [2.24, 2.45) is 0 Å². The smallest absolute Gasteiger partial charge is 0.338 e. The number of likely N-dealkylation sites (tertiary alicyclic amines) is 1. The van der Waals surface area contributed by atoms with Crippen LogP contribution in [0.1, 0.15) is 31.6 Å². The summed E-state index contributed by atoms with van der Waals surface area (Å²) < 4.78 is 10.6. The minimum Gasteiger partial charge on any atom is -0.467 e. The lowest BCUT2D eigenvalue weighted by molar-refractivity contribution is -0.882. The second-order valence-corrected chi connectivity index (χ2v) is 5.79. The normalized spacial score (nSPS) is 22.0. The van der Waals surface area contributed by atoms with Crippen molar-refractivity contribution < 1.29 is 23.6 Å². The van der Waals surface area contributed by atoms with Crippen LogP contribution in [0.5, 0.6) is 0 Å². The van der Waals surface area contributed by atoms with E-state index in [9.17, 15) is 9.59 Å². The molecule has 3 heterocycles. The molecule has 1 aromatic heterocycles. The van der Waals surface area contributed by atoms with Crippen molar-refractivity contribution in [2.45, 2.75) is 25.8 Å². The molecular weight excluding hydrogens is 298 g/mol. The van der Waals surface area contributed by atoms with Crippen LogP contribution in [0.2, 0.25) is 0 Å². The van der Waals surface area contributed by atoms with Gasteiger partial charge in [0.2, 0.25) is 0 Å². The van der Waals surface area contributed by atoms with E-state index in [0.29, 0.717) is 23.6 Å². The molecule has 2 aliphatic rings. The zero-order valence-electron chi connectivity index (χ0n) is 13.2. The van der Waals surface area contributed by atoms with Gasteiger partial charge in [0.05, 0.1) is 37.2 Å². The fraction of sp³-hybridized carbons (Fsp3) is 0.500. The van der Waals surface area contributed by atoms with Crippen LogP contribution in [0.3, 0.4) is 0 Å². The Hall–Kier alpha value is -2.28. The molecule has 7 nitrogen and oxygen atoms in total. The van der Waals surface area contributed by atoms with Crippen LogP contribution in [0.15, 0.2) is 34.1 Å². The van der Waals surface area contributed by atoms with E-state index in [4.69, 9.17) is 9.15 Å². The molecule has 3 N–H and O–H groups in total. The predicted molar refractivity (Wildman–Crippen MR) is 81.6 cm³/mol. The summed E-state index contributed by atoms with van der Waals surface area (Å²) in [4.78, 5) is 25.9. The molecule has 0 bridgehead atoms. The molecular formula is C16H22N3O4+. The van der Waals surface area contributed by atoms with Gasteiger partial charge in [-0.25, -0.2) is 9.59 Å². The van der Waals surface area contributed by atoms with Gasteiger partial charge in [-0.1, -0.05) is 0 Å². The number of amides is 2. The summed E-state index contributed by atoms with van der Waals surface area (Å²) in [5.41, 5.74) is 1.06. The van der Waals surface area contributed by atoms with Crippen molar-refractivity contribution in [2.75, 3.05) is 26.2 Å². The maximum Gasteiger partial charge on any atom is 0.338 e. The van der Waals surface area contributed by atoms with E-state index >= 15 is 0 Å². The number of hydrogen-bond acceptors (Lipinski definition) is 4. The van der Waals surface area contributed by atoms with Gasteiger partial charge in [0.15, 0.2) is 0 Å². The number of hydrogen-bond donors (Lipinski definition) is 3. The Morgan fingerprint density at radius 1 is 1.43 bits per heavy atom. The monoisotopic (exact) mass is 320 g/mol. The summed E-state index contributed by atoms with van der Waals surface area (Å²) >= 11 is 0. The Morgan fingerprint density at radius 3 is 2.87 bits per heavy atom. The number of rotatable bonds is 5. The Balaban J connectivity index is 1.96. The highest BCUT2D eigenvalue weighted by atomic mass is 16.5. The third kappa shape index (κ3) is 3.39. The number of urea groups is 1. The van der Waals surface area contributed by atoms with E-state index in [1.165, 1.54) is 24.0 Å². The molecule has 2 amide bonds. The standard InChI is InChI=1S/C16H21N3O4/c1-2-22-15(20)13-11(10-19-7-3-4-8-19)17-16(21)18-14(13)12-6-5-9-23-12/h5-6,9,14H,2-4,7-8,10H2,1H3,(H2,17,18,21)/p+1/t14-/m0/s1. The number of ether oxygens (including phenoxy) is 1. The van der Waals surface area contributed by atoms with Gasteiger partial charge in [0.25, 0.3) is 0 Å². The first-order valence-corrected chi connectivity index (χ1v) is 8.03. The van der Waals surface area contributed by atoms with E-state index in [1.807, 2.05) is 0 Å². The Morgan fingerprint density at radius 2 is 2.22 bits per heavy atom. The Bertz CT molecular complexity index is 603.